The SMILES string of the molecule is Cn1cc(S(=O)(=O)N2CCC(C)(O)C2)c(=O)n(C)c1=O. The monoisotopic (exact) mass is 303 g/mol. The maximum atomic E-state index is 12.4. The summed E-state index contributed by atoms with van der Waals surface area (Å²) in [5.41, 5.74) is -2.55. The van der Waals surface area contributed by atoms with Gasteiger partial charge in [-0.15, -0.1) is 0 Å². The standard InChI is InChI=1S/C11H17N3O5S/c1-11(17)4-5-14(7-11)20(18,19)8-6-12(2)10(16)13(3)9(8)15/h6,17H,4-5,7H2,1-3H3. The van der Waals surface area contributed by atoms with Gasteiger partial charge in [-0.05, 0) is 13.3 Å². The first-order chi connectivity index (χ1) is 9.06. The van der Waals surface area contributed by atoms with Gasteiger partial charge in [-0.1, -0.05) is 0 Å². The molecule has 0 spiro atoms. The number of hydrogen-bond acceptors (Lipinski definition) is 5. The number of rotatable bonds is 2. The van der Waals surface area contributed by atoms with Crippen molar-refractivity contribution in [3.05, 3.63) is 27.0 Å². The molecule has 0 aromatic carbocycles. The Morgan fingerprint density at radius 2 is 1.90 bits per heavy atom. The van der Waals surface area contributed by atoms with Crippen molar-refractivity contribution in [3.8, 4) is 0 Å². The molecule has 1 aliphatic rings. The molecule has 0 saturated carbocycles. The van der Waals surface area contributed by atoms with Crippen LogP contribution in [0.5, 0.6) is 0 Å². The van der Waals surface area contributed by atoms with Crippen LogP contribution in [0.4, 0.5) is 0 Å². The number of sulfonamides is 1. The zero-order valence-corrected chi connectivity index (χ0v) is 12.3. The molecule has 1 atom stereocenters. The van der Waals surface area contributed by atoms with Crippen molar-refractivity contribution >= 4 is 10.0 Å². The minimum Gasteiger partial charge on any atom is -0.389 e. The van der Waals surface area contributed by atoms with Crippen LogP contribution in [0, 0.1) is 0 Å². The van der Waals surface area contributed by atoms with E-state index in [0.29, 0.717) is 6.42 Å². The number of aliphatic hydroxyl groups is 1. The summed E-state index contributed by atoms with van der Waals surface area (Å²) in [6.45, 7) is 1.62. The van der Waals surface area contributed by atoms with Crippen molar-refractivity contribution in [1.82, 2.24) is 13.4 Å². The van der Waals surface area contributed by atoms with Crippen LogP contribution in [0.3, 0.4) is 0 Å². The third kappa shape index (κ3) is 2.32. The van der Waals surface area contributed by atoms with Crippen LogP contribution < -0.4 is 11.2 Å². The quantitative estimate of drug-likeness (QED) is 0.696. The van der Waals surface area contributed by atoms with Gasteiger partial charge >= 0.3 is 5.69 Å². The number of aryl methyl sites for hydroxylation is 1. The number of nitrogens with zero attached hydrogens (tertiary/aromatic N) is 3. The van der Waals surface area contributed by atoms with Gasteiger partial charge in [0, 0.05) is 33.4 Å². The van der Waals surface area contributed by atoms with E-state index in [4.69, 9.17) is 0 Å². The highest BCUT2D eigenvalue weighted by molar-refractivity contribution is 7.89. The Bertz CT molecular complexity index is 759. The summed E-state index contributed by atoms with van der Waals surface area (Å²) in [5, 5.41) is 9.85. The fourth-order valence-corrected chi connectivity index (χ4v) is 3.91. The van der Waals surface area contributed by atoms with Crippen LogP contribution in [0.2, 0.25) is 0 Å². The maximum Gasteiger partial charge on any atom is 0.330 e. The minimum atomic E-state index is -4.02. The lowest BCUT2D eigenvalue weighted by Crippen LogP contribution is -2.43. The van der Waals surface area contributed by atoms with Crippen LogP contribution >= 0.6 is 0 Å². The summed E-state index contributed by atoms with van der Waals surface area (Å²) in [5.74, 6) is 0. The molecule has 20 heavy (non-hydrogen) atoms. The molecule has 0 aliphatic carbocycles. The van der Waals surface area contributed by atoms with E-state index in [9.17, 15) is 23.1 Å². The molecule has 1 aliphatic heterocycles. The van der Waals surface area contributed by atoms with Crippen LogP contribution in [0.25, 0.3) is 0 Å². The largest absolute Gasteiger partial charge is 0.389 e. The van der Waals surface area contributed by atoms with E-state index in [2.05, 4.69) is 0 Å². The molecular formula is C11H17N3O5S. The highest BCUT2D eigenvalue weighted by atomic mass is 32.2. The maximum absolute atomic E-state index is 12.4. The molecule has 2 rings (SSSR count). The Balaban J connectivity index is 2.57. The zero-order valence-electron chi connectivity index (χ0n) is 11.5. The van der Waals surface area contributed by atoms with Gasteiger partial charge in [0.1, 0.15) is 0 Å². The summed E-state index contributed by atoms with van der Waals surface area (Å²) in [4.78, 5) is 23.1. The van der Waals surface area contributed by atoms with Crippen LogP contribution in [0.15, 0.2) is 20.7 Å². The summed E-state index contributed by atoms with van der Waals surface area (Å²) in [7, 11) is -1.42. The van der Waals surface area contributed by atoms with E-state index in [1.54, 1.807) is 6.92 Å². The zero-order chi connectivity index (χ0) is 15.3. The number of hydrogen-bond donors (Lipinski definition) is 1. The smallest absolute Gasteiger partial charge is 0.330 e. The third-order valence-electron chi connectivity index (χ3n) is 3.45. The first-order valence-electron chi connectivity index (χ1n) is 6.05. The first-order valence-corrected chi connectivity index (χ1v) is 7.49. The predicted octanol–water partition coefficient (Wildman–Crippen LogP) is -1.77. The molecule has 2 heterocycles. The van der Waals surface area contributed by atoms with E-state index in [-0.39, 0.29) is 13.1 Å². The van der Waals surface area contributed by atoms with Crippen molar-refractivity contribution in [2.24, 2.45) is 14.1 Å². The molecule has 1 unspecified atom stereocenters. The molecule has 9 heteroatoms. The topological polar surface area (TPSA) is 102 Å². The Morgan fingerprint density at radius 3 is 2.40 bits per heavy atom. The van der Waals surface area contributed by atoms with E-state index in [0.717, 1.165) is 19.6 Å². The van der Waals surface area contributed by atoms with Crippen molar-refractivity contribution in [1.29, 1.82) is 0 Å². The number of aromatic nitrogens is 2. The average Bonchev–Trinajstić information content (AvgIpc) is 2.72. The predicted molar refractivity (Wildman–Crippen MR) is 70.9 cm³/mol. The molecular weight excluding hydrogens is 286 g/mol. The van der Waals surface area contributed by atoms with Crippen molar-refractivity contribution in [2.45, 2.75) is 23.8 Å². The van der Waals surface area contributed by atoms with Crippen molar-refractivity contribution < 1.29 is 13.5 Å². The van der Waals surface area contributed by atoms with Gasteiger partial charge in [-0.3, -0.25) is 9.36 Å². The average molecular weight is 303 g/mol. The van der Waals surface area contributed by atoms with Crippen LogP contribution in [-0.2, 0) is 24.1 Å². The highest BCUT2D eigenvalue weighted by Gasteiger charge is 2.39. The second kappa shape index (κ2) is 4.54. The van der Waals surface area contributed by atoms with Crippen molar-refractivity contribution in [3.63, 3.8) is 0 Å². The molecule has 0 amide bonds. The summed E-state index contributed by atoms with van der Waals surface area (Å²) < 4.78 is 27.7. The van der Waals surface area contributed by atoms with Crippen molar-refractivity contribution in [2.75, 3.05) is 13.1 Å². The van der Waals surface area contributed by atoms with Gasteiger partial charge in [-0.25, -0.2) is 13.2 Å². The third-order valence-corrected chi connectivity index (χ3v) is 5.28. The second-order valence-corrected chi connectivity index (χ2v) is 7.24. The first kappa shape index (κ1) is 14.9. The second-order valence-electron chi connectivity index (χ2n) is 5.34. The molecule has 112 valence electrons. The van der Waals surface area contributed by atoms with E-state index < -0.39 is 31.8 Å². The fourth-order valence-electron chi connectivity index (χ4n) is 2.20. The molecule has 1 aromatic rings. The number of β-amino-alcohol motifs (C(OH)–C–C–N with tert-alkyl or cyclic N) is 1. The normalized spacial score (nSPS) is 24.2. The summed E-state index contributed by atoms with van der Waals surface area (Å²) >= 11 is 0. The summed E-state index contributed by atoms with van der Waals surface area (Å²) in [6.07, 6.45) is 1.32. The van der Waals surface area contributed by atoms with Gasteiger partial charge in [0.15, 0.2) is 4.90 Å². The highest BCUT2D eigenvalue weighted by Crippen LogP contribution is 2.25. The van der Waals surface area contributed by atoms with Gasteiger partial charge in [0.2, 0.25) is 10.0 Å². The molecule has 0 radical (unpaired) electrons. The molecule has 1 aromatic heterocycles. The summed E-state index contributed by atoms with van der Waals surface area (Å²) in [6, 6.07) is 0. The minimum absolute atomic E-state index is 0.0681. The van der Waals surface area contributed by atoms with E-state index >= 15 is 0 Å². The molecule has 8 nitrogen and oxygen atoms in total. The van der Waals surface area contributed by atoms with Gasteiger partial charge in [0.05, 0.1) is 5.60 Å². The van der Waals surface area contributed by atoms with Gasteiger partial charge < -0.3 is 9.67 Å². The molecule has 0 bridgehead atoms. The fraction of sp³-hybridized carbons (Fsp3) is 0.636. The van der Waals surface area contributed by atoms with Gasteiger partial charge in [-0.2, -0.15) is 4.31 Å². The van der Waals surface area contributed by atoms with Gasteiger partial charge in [0.25, 0.3) is 5.56 Å². The lowest BCUT2D eigenvalue weighted by atomic mass is 10.1. The lowest BCUT2D eigenvalue weighted by molar-refractivity contribution is 0.0762. The Hall–Kier alpha value is -1.45. The molecule has 1 fully saturated rings. The Kier molecular flexibility index (Phi) is 3.39. The molecule has 1 saturated heterocycles. The Morgan fingerprint density at radius 1 is 1.30 bits per heavy atom. The molecule has 1 N–H and O–H groups in total. The Labute approximate surface area is 115 Å². The lowest BCUT2D eigenvalue weighted by Gasteiger charge is -2.19. The van der Waals surface area contributed by atoms with Crippen LogP contribution in [-0.4, -0.2) is 45.7 Å². The van der Waals surface area contributed by atoms with Crippen LogP contribution in [0.1, 0.15) is 13.3 Å². The van der Waals surface area contributed by atoms with E-state index in [1.807, 2.05) is 0 Å². The van der Waals surface area contributed by atoms with E-state index in [1.165, 1.54) is 14.1 Å².